The average Bonchev–Trinajstić information content (AvgIpc) is 3.50. The third kappa shape index (κ3) is 3.68. The van der Waals surface area contributed by atoms with E-state index in [1.54, 1.807) is 23.3 Å². The predicted octanol–water partition coefficient (Wildman–Crippen LogP) is 6.19. The van der Waals surface area contributed by atoms with Crippen molar-refractivity contribution in [2.24, 2.45) is 0 Å². The SMILES string of the molecule is CCOc1cccc2cc(C(=O)N(Cc3ccco3)c3nc4ccc(C)cc4s3)oc12. The fourth-order valence-corrected chi connectivity index (χ4v) is 4.53. The van der Waals surface area contributed by atoms with Gasteiger partial charge in [-0.3, -0.25) is 9.69 Å². The number of amides is 1. The number of fused-ring (bicyclic) bond motifs is 2. The van der Waals surface area contributed by atoms with E-state index in [0.29, 0.717) is 28.8 Å². The van der Waals surface area contributed by atoms with Crippen molar-refractivity contribution in [1.82, 2.24) is 4.98 Å². The molecule has 0 saturated heterocycles. The zero-order valence-corrected chi connectivity index (χ0v) is 17.9. The first-order valence-corrected chi connectivity index (χ1v) is 10.8. The lowest BCUT2D eigenvalue weighted by Crippen LogP contribution is -2.29. The van der Waals surface area contributed by atoms with Gasteiger partial charge in [0.15, 0.2) is 22.2 Å². The summed E-state index contributed by atoms with van der Waals surface area (Å²) in [6.45, 7) is 4.71. The van der Waals surface area contributed by atoms with Crippen LogP contribution in [-0.2, 0) is 6.54 Å². The summed E-state index contributed by atoms with van der Waals surface area (Å²) in [7, 11) is 0. The van der Waals surface area contributed by atoms with Crippen LogP contribution in [0.1, 0.15) is 28.8 Å². The number of carbonyl (C=O) groups excluding carboxylic acids is 1. The number of hydrogen-bond donors (Lipinski definition) is 0. The number of rotatable bonds is 6. The molecule has 0 aliphatic carbocycles. The highest BCUT2D eigenvalue weighted by Crippen LogP contribution is 2.34. The van der Waals surface area contributed by atoms with Crippen LogP contribution in [0.25, 0.3) is 21.2 Å². The van der Waals surface area contributed by atoms with Gasteiger partial charge in [-0.15, -0.1) is 0 Å². The van der Waals surface area contributed by atoms with E-state index in [1.807, 2.05) is 50.2 Å². The largest absolute Gasteiger partial charge is 0.490 e. The highest BCUT2D eigenvalue weighted by Gasteiger charge is 2.26. The lowest BCUT2D eigenvalue weighted by atomic mass is 10.2. The number of para-hydroxylation sites is 1. The summed E-state index contributed by atoms with van der Waals surface area (Å²) in [5.74, 6) is 1.22. The van der Waals surface area contributed by atoms with Crippen LogP contribution in [0.2, 0.25) is 0 Å². The summed E-state index contributed by atoms with van der Waals surface area (Å²) in [5, 5.41) is 1.40. The van der Waals surface area contributed by atoms with Crippen molar-refractivity contribution < 1.29 is 18.4 Å². The Bertz CT molecular complexity index is 1370. The van der Waals surface area contributed by atoms with Crippen LogP contribution in [-0.4, -0.2) is 17.5 Å². The second-order valence-corrected chi connectivity index (χ2v) is 8.17. The Balaban J connectivity index is 1.58. The monoisotopic (exact) mass is 432 g/mol. The molecule has 7 heteroatoms. The van der Waals surface area contributed by atoms with Gasteiger partial charge in [0, 0.05) is 5.39 Å². The molecule has 0 saturated carbocycles. The molecule has 0 radical (unpaired) electrons. The van der Waals surface area contributed by atoms with Crippen LogP contribution in [0.3, 0.4) is 0 Å². The molecule has 0 fully saturated rings. The Hall–Kier alpha value is -3.58. The number of ether oxygens (including phenoxy) is 1. The maximum absolute atomic E-state index is 13.6. The number of carbonyl (C=O) groups is 1. The fraction of sp³-hybridized carbons (Fsp3) is 0.167. The van der Waals surface area contributed by atoms with Crippen LogP contribution in [0.15, 0.2) is 69.7 Å². The molecule has 1 amide bonds. The first-order chi connectivity index (χ1) is 15.1. The van der Waals surface area contributed by atoms with E-state index in [-0.39, 0.29) is 18.2 Å². The van der Waals surface area contributed by atoms with Gasteiger partial charge >= 0.3 is 0 Å². The molecule has 31 heavy (non-hydrogen) atoms. The number of thiazole rings is 1. The van der Waals surface area contributed by atoms with E-state index in [0.717, 1.165) is 21.2 Å². The van der Waals surface area contributed by atoms with Crippen molar-refractivity contribution in [3.05, 3.63) is 77.9 Å². The van der Waals surface area contributed by atoms with Crippen molar-refractivity contribution >= 4 is 43.6 Å². The number of benzene rings is 2. The van der Waals surface area contributed by atoms with E-state index in [2.05, 4.69) is 6.07 Å². The molecule has 3 aromatic heterocycles. The summed E-state index contributed by atoms with van der Waals surface area (Å²) in [5.41, 5.74) is 2.56. The minimum absolute atomic E-state index is 0.226. The Morgan fingerprint density at radius 1 is 1.16 bits per heavy atom. The number of nitrogens with zero attached hydrogens (tertiary/aromatic N) is 2. The van der Waals surface area contributed by atoms with E-state index >= 15 is 0 Å². The van der Waals surface area contributed by atoms with Crippen LogP contribution in [0.4, 0.5) is 5.13 Å². The van der Waals surface area contributed by atoms with Crippen molar-refractivity contribution in [3.63, 3.8) is 0 Å². The quantitative estimate of drug-likeness (QED) is 0.320. The first kappa shape index (κ1) is 19.4. The van der Waals surface area contributed by atoms with Crippen molar-refractivity contribution in [2.75, 3.05) is 11.5 Å². The lowest BCUT2D eigenvalue weighted by molar-refractivity contribution is 0.0958. The highest BCUT2D eigenvalue weighted by atomic mass is 32.1. The first-order valence-electron chi connectivity index (χ1n) is 9.99. The summed E-state index contributed by atoms with van der Waals surface area (Å²) in [4.78, 5) is 19.9. The topological polar surface area (TPSA) is 68.7 Å². The van der Waals surface area contributed by atoms with E-state index in [1.165, 1.54) is 11.3 Å². The Labute approximate surface area is 182 Å². The van der Waals surface area contributed by atoms with E-state index < -0.39 is 0 Å². The Morgan fingerprint density at radius 3 is 2.87 bits per heavy atom. The van der Waals surface area contributed by atoms with Gasteiger partial charge < -0.3 is 13.6 Å². The summed E-state index contributed by atoms with van der Waals surface area (Å²) in [6, 6.07) is 17.0. The number of aromatic nitrogens is 1. The third-order valence-corrected chi connectivity index (χ3v) is 5.96. The van der Waals surface area contributed by atoms with Gasteiger partial charge in [0.2, 0.25) is 0 Å². The van der Waals surface area contributed by atoms with Crippen LogP contribution >= 0.6 is 11.3 Å². The molecule has 156 valence electrons. The minimum Gasteiger partial charge on any atom is -0.490 e. The number of hydrogen-bond acceptors (Lipinski definition) is 6. The normalized spacial score (nSPS) is 11.3. The molecule has 3 heterocycles. The maximum atomic E-state index is 13.6. The molecule has 6 nitrogen and oxygen atoms in total. The van der Waals surface area contributed by atoms with Gasteiger partial charge in [-0.2, -0.15) is 0 Å². The number of furan rings is 2. The smallest absolute Gasteiger partial charge is 0.296 e. The van der Waals surface area contributed by atoms with E-state index in [4.69, 9.17) is 18.6 Å². The van der Waals surface area contributed by atoms with Crippen molar-refractivity contribution in [2.45, 2.75) is 20.4 Å². The van der Waals surface area contributed by atoms with Gasteiger partial charge in [-0.25, -0.2) is 4.98 Å². The van der Waals surface area contributed by atoms with E-state index in [9.17, 15) is 4.79 Å². The summed E-state index contributed by atoms with van der Waals surface area (Å²) < 4.78 is 18.1. The van der Waals surface area contributed by atoms with Crippen LogP contribution in [0.5, 0.6) is 5.75 Å². The second-order valence-electron chi connectivity index (χ2n) is 7.16. The maximum Gasteiger partial charge on any atom is 0.296 e. The molecule has 0 aliphatic rings. The molecule has 0 aliphatic heterocycles. The molecule has 0 atom stereocenters. The fourth-order valence-electron chi connectivity index (χ4n) is 3.46. The molecule has 0 unspecified atom stereocenters. The number of aryl methyl sites for hydroxylation is 1. The standard InChI is InChI=1S/C24H20N2O4S/c1-3-28-19-8-4-6-16-13-20(30-22(16)19)23(27)26(14-17-7-5-11-29-17)24-25-18-10-9-15(2)12-21(18)31-24/h4-13H,3,14H2,1-2H3. The minimum atomic E-state index is -0.286. The van der Waals surface area contributed by atoms with Gasteiger partial charge in [0.1, 0.15) is 5.76 Å². The van der Waals surface area contributed by atoms with Gasteiger partial charge in [-0.1, -0.05) is 29.5 Å². The Kier molecular flexibility index (Phi) is 4.95. The zero-order valence-electron chi connectivity index (χ0n) is 17.1. The molecule has 2 aromatic carbocycles. The van der Waals surface area contributed by atoms with Crippen LogP contribution in [0, 0.1) is 6.92 Å². The molecule has 0 bridgehead atoms. The number of anilines is 1. The van der Waals surface area contributed by atoms with Crippen LogP contribution < -0.4 is 9.64 Å². The Morgan fingerprint density at radius 2 is 2.06 bits per heavy atom. The van der Waals surface area contributed by atoms with Gasteiger partial charge in [-0.05, 0) is 55.8 Å². The zero-order chi connectivity index (χ0) is 21.4. The van der Waals surface area contributed by atoms with Crippen molar-refractivity contribution in [3.8, 4) is 5.75 Å². The molecule has 0 N–H and O–H groups in total. The summed E-state index contributed by atoms with van der Waals surface area (Å²) >= 11 is 1.47. The molecular formula is C24H20N2O4S. The molecular weight excluding hydrogens is 412 g/mol. The predicted molar refractivity (Wildman–Crippen MR) is 121 cm³/mol. The second kappa shape index (κ2) is 7.92. The summed E-state index contributed by atoms with van der Waals surface area (Å²) in [6.07, 6.45) is 1.59. The lowest BCUT2D eigenvalue weighted by Gasteiger charge is -2.17. The van der Waals surface area contributed by atoms with Gasteiger partial charge in [0.05, 0.1) is 29.6 Å². The average molecular weight is 433 g/mol. The van der Waals surface area contributed by atoms with Gasteiger partial charge in [0.25, 0.3) is 5.91 Å². The highest BCUT2D eigenvalue weighted by molar-refractivity contribution is 7.22. The third-order valence-electron chi connectivity index (χ3n) is 4.92. The molecule has 5 aromatic rings. The molecule has 5 rings (SSSR count). The van der Waals surface area contributed by atoms with Crippen molar-refractivity contribution in [1.29, 1.82) is 0 Å². The molecule has 0 spiro atoms.